The molecule has 0 radical (unpaired) electrons. The summed E-state index contributed by atoms with van der Waals surface area (Å²) in [4.78, 5) is 13.4. The van der Waals surface area contributed by atoms with Crippen LogP contribution in [0, 0.1) is 6.92 Å². The number of thioether (sulfide) groups is 1. The lowest BCUT2D eigenvalue weighted by Gasteiger charge is -2.14. The summed E-state index contributed by atoms with van der Waals surface area (Å²) in [6.45, 7) is 5.93. The average molecular weight is 499 g/mol. The number of nitrogens with zero attached hydrogens (tertiary/aromatic N) is 4. The summed E-state index contributed by atoms with van der Waals surface area (Å²) in [5.41, 5.74) is 3.41. The molecule has 0 amide bonds. The lowest BCUT2D eigenvalue weighted by molar-refractivity contribution is 0.126. The van der Waals surface area contributed by atoms with Crippen molar-refractivity contribution in [2.75, 3.05) is 12.4 Å². The van der Waals surface area contributed by atoms with Crippen molar-refractivity contribution < 1.29 is 9.84 Å². The molecule has 182 valence electrons. The molecule has 8 heteroatoms. The van der Waals surface area contributed by atoms with Crippen LogP contribution in [0.3, 0.4) is 0 Å². The zero-order valence-electron chi connectivity index (χ0n) is 19.9. The van der Waals surface area contributed by atoms with E-state index in [2.05, 4.69) is 16.8 Å². The highest BCUT2D eigenvalue weighted by atomic mass is 32.2. The SMILES string of the molecule is C=CCc1ccccc1OCC(O)CSc1nnc2n(-c3ccc(C)cc3)c(=O)c3ccccc3n12. The molecule has 0 saturated carbocycles. The number of hydrogen-bond acceptors (Lipinski definition) is 6. The van der Waals surface area contributed by atoms with Crippen molar-refractivity contribution in [3.63, 3.8) is 0 Å². The Bertz CT molecular complexity index is 1590. The van der Waals surface area contributed by atoms with Crippen LogP contribution in [0.5, 0.6) is 5.75 Å². The van der Waals surface area contributed by atoms with Gasteiger partial charge in [0.1, 0.15) is 12.4 Å². The van der Waals surface area contributed by atoms with Gasteiger partial charge >= 0.3 is 0 Å². The van der Waals surface area contributed by atoms with Crippen LogP contribution in [0.1, 0.15) is 11.1 Å². The highest BCUT2D eigenvalue weighted by Gasteiger charge is 2.19. The molecule has 0 aliphatic heterocycles. The fourth-order valence-electron chi connectivity index (χ4n) is 4.07. The van der Waals surface area contributed by atoms with E-state index in [1.165, 1.54) is 11.8 Å². The molecule has 1 unspecified atom stereocenters. The van der Waals surface area contributed by atoms with Gasteiger partial charge in [-0.2, -0.15) is 0 Å². The van der Waals surface area contributed by atoms with Gasteiger partial charge in [-0.05, 0) is 49.2 Å². The monoisotopic (exact) mass is 498 g/mol. The summed E-state index contributed by atoms with van der Waals surface area (Å²) < 4.78 is 9.33. The van der Waals surface area contributed by atoms with Gasteiger partial charge in [-0.3, -0.25) is 9.20 Å². The van der Waals surface area contributed by atoms with Crippen LogP contribution in [0.2, 0.25) is 0 Å². The van der Waals surface area contributed by atoms with Gasteiger partial charge in [0.2, 0.25) is 5.78 Å². The van der Waals surface area contributed by atoms with Crippen molar-refractivity contribution in [1.29, 1.82) is 0 Å². The van der Waals surface area contributed by atoms with E-state index < -0.39 is 6.10 Å². The summed E-state index contributed by atoms with van der Waals surface area (Å²) in [7, 11) is 0. The van der Waals surface area contributed by atoms with Crippen LogP contribution < -0.4 is 10.3 Å². The molecular weight excluding hydrogens is 472 g/mol. The van der Waals surface area contributed by atoms with Crippen LogP contribution in [-0.2, 0) is 6.42 Å². The fraction of sp³-hybridized carbons (Fsp3) is 0.179. The molecule has 3 aromatic carbocycles. The Labute approximate surface area is 212 Å². The Morgan fingerprint density at radius 2 is 1.81 bits per heavy atom. The lowest BCUT2D eigenvalue weighted by Crippen LogP contribution is -2.22. The molecule has 0 bridgehead atoms. The standard InChI is InChI=1S/C28H26N4O3S/c1-3-8-20-9-4-7-12-25(20)35-17-22(33)18-36-28-30-29-27-31(21-15-13-19(2)14-16-21)26(34)23-10-5-6-11-24(23)32(27)28/h3-7,9-16,22,33H,1,8,17-18H2,2H3. The zero-order chi connectivity index (χ0) is 25.1. The molecule has 36 heavy (non-hydrogen) atoms. The van der Waals surface area contributed by atoms with Gasteiger partial charge in [0.15, 0.2) is 5.16 Å². The maximum atomic E-state index is 13.4. The summed E-state index contributed by atoms with van der Waals surface area (Å²) >= 11 is 1.37. The van der Waals surface area contributed by atoms with Crippen LogP contribution in [0.4, 0.5) is 0 Å². The van der Waals surface area contributed by atoms with E-state index in [4.69, 9.17) is 4.74 Å². The van der Waals surface area contributed by atoms with Gasteiger partial charge in [0, 0.05) is 5.75 Å². The van der Waals surface area contributed by atoms with Crippen molar-refractivity contribution in [3.8, 4) is 11.4 Å². The quantitative estimate of drug-likeness (QED) is 0.236. The fourth-order valence-corrected chi connectivity index (χ4v) is 4.92. The molecule has 0 fully saturated rings. The number of aryl methyl sites for hydroxylation is 1. The van der Waals surface area contributed by atoms with Crippen LogP contribution >= 0.6 is 11.8 Å². The predicted molar refractivity (Wildman–Crippen MR) is 143 cm³/mol. The van der Waals surface area contributed by atoms with E-state index >= 15 is 0 Å². The number of rotatable bonds is 9. The minimum Gasteiger partial charge on any atom is -0.491 e. The molecule has 5 rings (SSSR count). The van der Waals surface area contributed by atoms with Crippen molar-refractivity contribution in [1.82, 2.24) is 19.2 Å². The second-order valence-corrected chi connectivity index (χ2v) is 9.47. The minimum absolute atomic E-state index is 0.146. The second kappa shape index (κ2) is 10.4. The first kappa shape index (κ1) is 23.8. The number of hydrogen-bond donors (Lipinski definition) is 1. The number of aliphatic hydroxyl groups excluding tert-OH is 1. The van der Waals surface area contributed by atoms with E-state index in [0.29, 0.717) is 28.5 Å². The smallest absolute Gasteiger partial charge is 0.267 e. The van der Waals surface area contributed by atoms with E-state index in [-0.39, 0.29) is 12.2 Å². The number of para-hydroxylation sites is 2. The van der Waals surface area contributed by atoms with E-state index in [1.807, 2.05) is 84.1 Å². The Hall–Kier alpha value is -3.88. The summed E-state index contributed by atoms with van der Waals surface area (Å²) in [5, 5.41) is 20.5. The third kappa shape index (κ3) is 4.65. The Balaban J connectivity index is 1.43. The second-order valence-electron chi connectivity index (χ2n) is 8.49. The van der Waals surface area contributed by atoms with Crippen LogP contribution in [0.15, 0.2) is 95.4 Å². The largest absolute Gasteiger partial charge is 0.491 e. The molecule has 1 atom stereocenters. The topological polar surface area (TPSA) is 81.7 Å². The molecule has 1 N–H and O–H groups in total. The Morgan fingerprint density at radius 1 is 1.06 bits per heavy atom. The molecule has 2 aromatic heterocycles. The van der Waals surface area contributed by atoms with E-state index in [1.54, 1.807) is 10.6 Å². The summed E-state index contributed by atoms with van der Waals surface area (Å²) in [6, 6.07) is 22.9. The Kier molecular flexibility index (Phi) is 6.88. The molecule has 0 aliphatic rings. The number of ether oxygens (including phenoxy) is 1. The molecule has 0 spiro atoms. The lowest BCUT2D eigenvalue weighted by atomic mass is 10.1. The molecule has 2 heterocycles. The van der Waals surface area contributed by atoms with Gasteiger partial charge in [-0.25, -0.2) is 4.57 Å². The van der Waals surface area contributed by atoms with Crippen LogP contribution in [0.25, 0.3) is 22.4 Å². The van der Waals surface area contributed by atoms with Gasteiger partial charge in [0.05, 0.1) is 22.7 Å². The summed E-state index contributed by atoms with van der Waals surface area (Å²) in [5.74, 6) is 1.51. The first-order valence-electron chi connectivity index (χ1n) is 11.6. The van der Waals surface area contributed by atoms with Gasteiger partial charge in [-0.1, -0.05) is 65.9 Å². The molecule has 7 nitrogen and oxygen atoms in total. The summed E-state index contributed by atoms with van der Waals surface area (Å²) in [6.07, 6.45) is 1.79. The van der Waals surface area contributed by atoms with Crippen LogP contribution in [-0.4, -0.2) is 42.7 Å². The number of fused-ring (bicyclic) bond motifs is 3. The first-order valence-corrected chi connectivity index (χ1v) is 12.6. The van der Waals surface area contributed by atoms with Crippen molar-refractivity contribution >= 4 is 28.4 Å². The van der Waals surface area contributed by atoms with E-state index in [9.17, 15) is 9.90 Å². The minimum atomic E-state index is -0.728. The average Bonchev–Trinajstić information content (AvgIpc) is 3.32. The molecular formula is C28H26N4O3S. The maximum absolute atomic E-state index is 13.4. The first-order chi connectivity index (χ1) is 17.6. The zero-order valence-corrected chi connectivity index (χ0v) is 20.7. The molecule has 0 saturated heterocycles. The van der Waals surface area contributed by atoms with Crippen molar-refractivity contribution in [3.05, 3.63) is 107 Å². The number of benzene rings is 3. The highest BCUT2D eigenvalue weighted by Crippen LogP contribution is 2.24. The van der Waals surface area contributed by atoms with Gasteiger partial charge < -0.3 is 9.84 Å². The van der Waals surface area contributed by atoms with Gasteiger partial charge in [-0.15, -0.1) is 16.8 Å². The third-order valence-corrected chi connectivity index (χ3v) is 6.93. The number of aromatic nitrogens is 4. The molecule has 0 aliphatic carbocycles. The Morgan fingerprint density at radius 3 is 2.61 bits per heavy atom. The van der Waals surface area contributed by atoms with Gasteiger partial charge in [0.25, 0.3) is 5.56 Å². The number of aliphatic hydroxyl groups is 1. The normalized spacial score (nSPS) is 12.2. The highest BCUT2D eigenvalue weighted by molar-refractivity contribution is 7.99. The van der Waals surface area contributed by atoms with Crippen molar-refractivity contribution in [2.45, 2.75) is 24.6 Å². The predicted octanol–water partition coefficient (Wildman–Crippen LogP) is 4.60. The van der Waals surface area contributed by atoms with E-state index in [0.717, 1.165) is 28.1 Å². The molecule has 5 aromatic rings. The third-order valence-electron chi connectivity index (χ3n) is 5.86. The maximum Gasteiger partial charge on any atom is 0.267 e. The van der Waals surface area contributed by atoms with Crippen molar-refractivity contribution in [2.24, 2.45) is 0 Å². The number of allylic oxidation sites excluding steroid dienone is 1.